The summed E-state index contributed by atoms with van der Waals surface area (Å²) in [4.78, 5) is 14.6. The number of aliphatic hydroxyl groups excluding tert-OH is 3. The topological polar surface area (TPSA) is 246 Å². The fourth-order valence-electron chi connectivity index (χ4n) is 19.0. The SMILES string of the molecule is C=C1C[C@@H]2CC[C@]34O[C@H]5[C@H]6O[C@H](CC[C@@H]6OC6[C@H]5OC(O)([C@H]3O)[C@H]6O4)CC(=O)O[C@@H]3[C@@H](C)[C@@H]4O[C@@H]5C[C@]6(C[C@@H]7O[C@]8(C[C@H](C)[C@@H]9O[C@@H]%10[C@@H]([C@@H](O)CO)CO[C@@H]%10C[C@@H]9O8)C[C@H](C)[C@@H]7O6)O[C@@H]5C[C@@H]4O[C@H]3C[C@H]3O[C@@H](CC[C@@H]1O2)C[C@@H](C)C3=C. The molecule has 0 saturated carbocycles. The molecule has 0 aromatic rings. The summed E-state index contributed by atoms with van der Waals surface area (Å²) in [6.07, 6.45) is -3.45. The van der Waals surface area contributed by atoms with Crippen molar-refractivity contribution in [2.45, 2.75) is 306 Å². The first-order valence-corrected chi connectivity index (χ1v) is 31.6. The molecule has 12 bridgehead atoms. The second-order valence-corrected chi connectivity index (χ2v) is 28.4. The van der Waals surface area contributed by atoms with Gasteiger partial charge in [-0.05, 0) is 73.8 Å². The van der Waals surface area contributed by atoms with E-state index in [-0.39, 0.29) is 128 Å². The fourth-order valence-corrected chi connectivity index (χ4v) is 19.0. The number of rotatable bonds is 2. The van der Waals surface area contributed by atoms with E-state index in [1.165, 1.54) is 0 Å². The summed E-state index contributed by atoms with van der Waals surface area (Å²) < 4.78 is 109. The molecule has 0 aromatic carbocycles. The fraction of sp³-hybridized carbons (Fsp3) is 0.918. The summed E-state index contributed by atoms with van der Waals surface area (Å²) in [5.41, 5.74) is 2.01. The summed E-state index contributed by atoms with van der Waals surface area (Å²) in [6.45, 7) is 17.7. The first-order valence-electron chi connectivity index (χ1n) is 31.6. The summed E-state index contributed by atoms with van der Waals surface area (Å²) in [6, 6.07) is 0. The van der Waals surface area contributed by atoms with Crippen LogP contribution >= 0.6 is 0 Å². The van der Waals surface area contributed by atoms with Crippen molar-refractivity contribution >= 4 is 5.97 Å². The molecular formula is C61H86O21. The van der Waals surface area contributed by atoms with Gasteiger partial charge in [0.1, 0.15) is 36.6 Å². The lowest BCUT2D eigenvalue weighted by Gasteiger charge is -2.54. The molecule has 4 N–H and O–H groups in total. The van der Waals surface area contributed by atoms with E-state index in [9.17, 15) is 25.2 Å². The summed E-state index contributed by atoms with van der Waals surface area (Å²) in [7, 11) is 0. The lowest BCUT2D eigenvalue weighted by Crippen LogP contribution is -2.63. The van der Waals surface area contributed by atoms with Crippen LogP contribution in [0.4, 0.5) is 0 Å². The van der Waals surface area contributed by atoms with E-state index in [4.69, 9.17) is 75.8 Å². The Morgan fingerprint density at radius 3 is 2.11 bits per heavy atom. The van der Waals surface area contributed by atoms with E-state index in [1.807, 2.05) is 0 Å². The Labute approximate surface area is 478 Å². The van der Waals surface area contributed by atoms with Crippen LogP contribution in [-0.2, 0) is 80.6 Å². The van der Waals surface area contributed by atoms with Gasteiger partial charge in [0.25, 0.3) is 0 Å². The Kier molecular flexibility index (Phi) is 13.6. The molecule has 21 heteroatoms. The molecular weight excluding hydrogens is 1070 g/mol. The first-order chi connectivity index (χ1) is 39.4. The summed E-state index contributed by atoms with van der Waals surface area (Å²) >= 11 is 0. The van der Waals surface area contributed by atoms with Crippen LogP contribution in [-0.4, -0.2) is 215 Å². The minimum atomic E-state index is -2.03. The molecule has 17 rings (SSSR count). The molecule has 0 radical (unpaired) electrons. The number of carbonyl (C=O) groups is 1. The van der Waals surface area contributed by atoms with Crippen molar-refractivity contribution in [1.29, 1.82) is 0 Å². The van der Waals surface area contributed by atoms with Crippen LogP contribution in [0.25, 0.3) is 0 Å². The van der Waals surface area contributed by atoms with Gasteiger partial charge < -0.3 is 96.2 Å². The highest BCUT2D eigenvalue weighted by Gasteiger charge is 2.79. The number of esters is 1. The molecule has 0 amide bonds. The van der Waals surface area contributed by atoms with Gasteiger partial charge in [0, 0.05) is 63.2 Å². The average molecular weight is 1160 g/mol. The Balaban J connectivity index is 0.633. The van der Waals surface area contributed by atoms with Crippen molar-refractivity contribution < 1.29 is 101 Å². The van der Waals surface area contributed by atoms with Crippen molar-refractivity contribution in [2.75, 3.05) is 13.2 Å². The molecule has 34 atom stereocenters. The van der Waals surface area contributed by atoms with Crippen molar-refractivity contribution in [3.05, 3.63) is 24.3 Å². The highest BCUT2D eigenvalue weighted by Crippen LogP contribution is 2.60. The van der Waals surface area contributed by atoms with Gasteiger partial charge in [0.05, 0.1) is 130 Å². The molecule has 82 heavy (non-hydrogen) atoms. The van der Waals surface area contributed by atoms with Crippen LogP contribution in [0.1, 0.15) is 130 Å². The molecule has 0 aromatic heterocycles. The number of ether oxygens (including phenoxy) is 16. The van der Waals surface area contributed by atoms with Crippen molar-refractivity contribution in [3.63, 3.8) is 0 Å². The van der Waals surface area contributed by atoms with Gasteiger partial charge >= 0.3 is 5.97 Å². The van der Waals surface area contributed by atoms with Crippen LogP contribution < -0.4 is 0 Å². The lowest BCUT2D eigenvalue weighted by molar-refractivity contribution is -0.370. The van der Waals surface area contributed by atoms with Crippen molar-refractivity contribution in [3.8, 4) is 0 Å². The molecule has 2 unspecified atom stereocenters. The summed E-state index contributed by atoms with van der Waals surface area (Å²) in [5.74, 6) is -6.00. The quantitative estimate of drug-likeness (QED) is 0.228. The van der Waals surface area contributed by atoms with Gasteiger partial charge in [0.15, 0.2) is 17.7 Å². The van der Waals surface area contributed by atoms with Crippen LogP contribution in [0.3, 0.4) is 0 Å². The number of carbonyl (C=O) groups excluding carboxylic acids is 1. The maximum Gasteiger partial charge on any atom is 0.308 e. The average Bonchev–Trinajstić information content (AvgIpc) is 1.63. The van der Waals surface area contributed by atoms with Gasteiger partial charge in [-0.2, -0.15) is 0 Å². The second kappa shape index (κ2) is 20.1. The number of aliphatic hydroxyl groups is 4. The highest BCUT2D eigenvalue weighted by molar-refractivity contribution is 5.70. The molecule has 17 fully saturated rings. The minimum absolute atomic E-state index is 0.0316. The predicted octanol–water partition coefficient (Wildman–Crippen LogP) is 3.48. The Morgan fingerprint density at radius 2 is 1.27 bits per heavy atom. The van der Waals surface area contributed by atoms with Gasteiger partial charge in [0.2, 0.25) is 11.6 Å². The molecule has 21 nitrogen and oxygen atoms in total. The van der Waals surface area contributed by atoms with Gasteiger partial charge in [-0.1, -0.05) is 40.9 Å². The Bertz CT molecular complexity index is 2500. The highest BCUT2D eigenvalue weighted by atomic mass is 16.8. The minimum Gasteiger partial charge on any atom is -0.459 e. The Hall–Kier alpha value is -1.81. The molecule has 17 aliphatic rings. The molecule has 3 spiro atoms. The second-order valence-electron chi connectivity index (χ2n) is 28.4. The Morgan fingerprint density at radius 1 is 0.561 bits per heavy atom. The van der Waals surface area contributed by atoms with E-state index in [0.29, 0.717) is 83.7 Å². The molecule has 17 aliphatic heterocycles. The monoisotopic (exact) mass is 1150 g/mol. The van der Waals surface area contributed by atoms with E-state index < -0.39 is 102 Å². The summed E-state index contributed by atoms with van der Waals surface area (Å²) in [5, 5.41) is 44.1. The van der Waals surface area contributed by atoms with Crippen molar-refractivity contribution in [2.24, 2.45) is 29.6 Å². The van der Waals surface area contributed by atoms with E-state index >= 15 is 0 Å². The zero-order chi connectivity index (χ0) is 56.1. The van der Waals surface area contributed by atoms with Crippen LogP contribution in [0, 0.1) is 29.6 Å². The zero-order valence-corrected chi connectivity index (χ0v) is 47.7. The predicted molar refractivity (Wildman–Crippen MR) is 279 cm³/mol. The first kappa shape index (κ1) is 55.5. The lowest BCUT2D eigenvalue weighted by atomic mass is 9.77. The largest absolute Gasteiger partial charge is 0.459 e. The van der Waals surface area contributed by atoms with Crippen LogP contribution in [0.2, 0.25) is 0 Å². The van der Waals surface area contributed by atoms with Crippen molar-refractivity contribution in [1.82, 2.24) is 0 Å². The van der Waals surface area contributed by atoms with Crippen LogP contribution in [0.5, 0.6) is 0 Å². The third-order valence-electron chi connectivity index (χ3n) is 23.0. The van der Waals surface area contributed by atoms with Crippen LogP contribution in [0.15, 0.2) is 24.3 Å². The van der Waals surface area contributed by atoms with E-state index in [1.54, 1.807) is 0 Å². The molecule has 456 valence electrons. The maximum absolute atomic E-state index is 14.6. The third-order valence-corrected chi connectivity index (χ3v) is 23.0. The maximum atomic E-state index is 14.6. The molecule has 0 aliphatic carbocycles. The van der Waals surface area contributed by atoms with Gasteiger partial charge in [-0.15, -0.1) is 0 Å². The number of hydrogen-bond acceptors (Lipinski definition) is 21. The number of fused-ring (bicyclic) bond motifs is 11. The molecule has 17 heterocycles. The standard InChI is InChI=1S/C61H86O21/c1-25-13-31-7-9-36-26(2)14-33(68-36)11-12-60-57(65)61(66)56(82-60)55-54(81-61)53(80-60)52-37(72-55)10-8-32(70-52)15-46(64)74-50-30(6)49-42(71-41(50)16-38(69-31)29(25)5)17-39-44(73-49)21-59(76-39)22-45-48(79-59)28(4)20-58(78-45)19-27(3)47-43(77-58)18-40-51(75-47)34(24-67-40)35(63)23-62/h25,27-28,30-45,47-57,62-63,65-66H,2,5,7-24H2,1,3-4,6H3/t25-,27+,28+,30+,31+,32-,33+,34-,35+,36+,37+,38-,39-,40-,41+,42+,43+,44-,45+,47+,48+,49+,50-,51-,52+,53+,54+,55?,56+,57+,58-,59+,60-,61?/m1/s1. The number of hydrogen-bond donors (Lipinski definition) is 4. The van der Waals surface area contributed by atoms with E-state index in [2.05, 4.69) is 40.9 Å². The van der Waals surface area contributed by atoms with Gasteiger partial charge in [-0.25, -0.2) is 0 Å². The normalized spacial score (nSPS) is 59.6. The third kappa shape index (κ3) is 8.79. The molecule has 17 saturated heterocycles. The zero-order valence-electron chi connectivity index (χ0n) is 47.7. The smallest absolute Gasteiger partial charge is 0.308 e. The van der Waals surface area contributed by atoms with Gasteiger partial charge in [-0.3, -0.25) is 4.79 Å². The van der Waals surface area contributed by atoms with E-state index in [0.717, 1.165) is 24.0 Å².